The van der Waals surface area contributed by atoms with Gasteiger partial charge in [0.05, 0.1) is 17.9 Å². The van der Waals surface area contributed by atoms with Crippen molar-refractivity contribution in [3.05, 3.63) is 29.3 Å². The van der Waals surface area contributed by atoms with Crippen molar-refractivity contribution in [2.75, 3.05) is 23.7 Å². The molecule has 0 unspecified atom stereocenters. The Balaban J connectivity index is 1.84. The van der Waals surface area contributed by atoms with Gasteiger partial charge in [0.2, 0.25) is 10.0 Å². The maximum absolute atomic E-state index is 12.6. The molecule has 1 aromatic rings. The third-order valence-electron chi connectivity index (χ3n) is 4.66. The number of hydrogen-bond donors (Lipinski definition) is 1. The Hall–Kier alpha value is -2.09. The first-order chi connectivity index (χ1) is 11.2. The van der Waals surface area contributed by atoms with Crippen LogP contribution in [-0.4, -0.2) is 55.7 Å². The van der Waals surface area contributed by atoms with E-state index in [1.807, 2.05) is 6.92 Å². The van der Waals surface area contributed by atoms with E-state index in [0.717, 1.165) is 5.56 Å². The van der Waals surface area contributed by atoms with Crippen molar-refractivity contribution in [3.8, 4) is 0 Å². The van der Waals surface area contributed by atoms with Gasteiger partial charge in [-0.1, -0.05) is 0 Å². The van der Waals surface area contributed by atoms with Gasteiger partial charge in [0.25, 0.3) is 5.91 Å². The highest BCUT2D eigenvalue weighted by molar-refractivity contribution is 7.92. The molecule has 2 aliphatic rings. The van der Waals surface area contributed by atoms with Crippen LogP contribution in [0.4, 0.5) is 5.69 Å². The minimum Gasteiger partial charge on any atom is -0.481 e. The standard InChI is InChI=1S/C16H20N2O5S/c1-10-7-13-8-11(3-4-14(13)18(10)24(2,22)23)15(19)17-6-5-12(9-17)16(20)21/h3-4,8,10,12H,5-7,9H2,1-2H3,(H,20,21)/t10-,12-/m1/s1. The van der Waals surface area contributed by atoms with Crippen LogP contribution in [0.5, 0.6) is 0 Å². The maximum Gasteiger partial charge on any atom is 0.308 e. The summed E-state index contributed by atoms with van der Waals surface area (Å²) in [5, 5.41) is 9.04. The quantitative estimate of drug-likeness (QED) is 0.874. The number of anilines is 1. The molecule has 1 amide bonds. The Morgan fingerprint density at radius 2 is 2.00 bits per heavy atom. The number of aliphatic carboxylic acids is 1. The number of hydrogen-bond acceptors (Lipinski definition) is 4. The van der Waals surface area contributed by atoms with E-state index in [2.05, 4.69) is 0 Å². The zero-order valence-electron chi connectivity index (χ0n) is 13.6. The number of rotatable bonds is 3. The van der Waals surface area contributed by atoms with Gasteiger partial charge >= 0.3 is 5.97 Å². The minimum absolute atomic E-state index is 0.177. The molecule has 8 heteroatoms. The molecule has 2 aliphatic heterocycles. The van der Waals surface area contributed by atoms with Gasteiger partial charge in [-0.15, -0.1) is 0 Å². The lowest BCUT2D eigenvalue weighted by Crippen LogP contribution is -2.34. The molecule has 0 radical (unpaired) electrons. The number of benzene rings is 1. The van der Waals surface area contributed by atoms with Gasteiger partial charge in [0.15, 0.2) is 0 Å². The molecule has 2 atom stereocenters. The molecule has 1 saturated heterocycles. The minimum atomic E-state index is -3.36. The summed E-state index contributed by atoms with van der Waals surface area (Å²) >= 11 is 0. The lowest BCUT2D eigenvalue weighted by molar-refractivity contribution is -0.141. The number of carboxylic acid groups (broad SMARTS) is 1. The normalized spacial score (nSPS) is 23.4. The van der Waals surface area contributed by atoms with Crippen LogP contribution in [-0.2, 0) is 21.2 Å². The molecule has 0 saturated carbocycles. The molecule has 1 fully saturated rings. The number of nitrogens with zero attached hydrogens (tertiary/aromatic N) is 2. The number of likely N-dealkylation sites (tertiary alicyclic amines) is 1. The molecular weight excluding hydrogens is 332 g/mol. The Kier molecular flexibility index (Phi) is 4.03. The molecular formula is C16H20N2O5S. The van der Waals surface area contributed by atoms with Crippen LogP contribution in [0.2, 0.25) is 0 Å². The lowest BCUT2D eigenvalue weighted by Gasteiger charge is -2.22. The van der Waals surface area contributed by atoms with E-state index in [1.54, 1.807) is 23.1 Å². The number of carbonyl (C=O) groups is 2. The first kappa shape index (κ1) is 16.8. The summed E-state index contributed by atoms with van der Waals surface area (Å²) in [5.74, 6) is -1.59. The van der Waals surface area contributed by atoms with Crippen molar-refractivity contribution < 1.29 is 23.1 Å². The third kappa shape index (κ3) is 2.86. The molecule has 0 aliphatic carbocycles. The van der Waals surface area contributed by atoms with Crippen LogP contribution in [0.1, 0.15) is 29.3 Å². The Morgan fingerprint density at radius 1 is 1.29 bits per heavy atom. The van der Waals surface area contributed by atoms with Crippen molar-refractivity contribution in [2.45, 2.75) is 25.8 Å². The lowest BCUT2D eigenvalue weighted by atomic mass is 10.1. The third-order valence-corrected chi connectivity index (χ3v) is 5.93. The smallest absolute Gasteiger partial charge is 0.308 e. The number of carboxylic acids is 1. The summed E-state index contributed by atoms with van der Waals surface area (Å²) in [4.78, 5) is 25.2. The highest BCUT2D eigenvalue weighted by atomic mass is 32.2. The predicted molar refractivity (Wildman–Crippen MR) is 88.6 cm³/mol. The van der Waals surface area contributed by atoms with E-state index < -0.39 is 21.9 Å². The average Bonchev–Trinajstić information content (AvgIpc) is 3.08. The van der Waals surface area contributed by atoms with Gasteiger partial charge in [-0.2, -0.15) is 0 Å². The van der Waals surface area contributed by atoms with E-state index in [9.17, 15) is 18.0 Å². The molecule has 0 bridgehead atoms. The van der Waals surface area contributed by atoms with E-state index in [1.165, 1.54) is 10.6 Å². The highest BCUT2D eigenvalue weighted by Gasteiger charge is 2.34. The van der Waals surface area contributed by atoms with Crippen LogP contribution in [0.3, 0.4) is 0 Å². The first-order valence-corrected chi connectivity index (χ1v) is 9.67. The summed E-state index contributed by atoms with van der Waals surface area (Å²) in [7, 11) is -3.36. The molecule has 2 heterocycles. The van der Waals surface area contributed by atoms with Crippen molar-refractivity contribution in [2.24, 2.45) is 5.92 Å². The summed E-state index contributed by atoms with van der Waals surface area (Å²) < 4.78 is 25.2. The second-order valence-corrected chi connectivity index (χ2v) is 8.39. The summed E-state index contributed by atoms with van der Waals surface area (Å²) in [6.45, 7) is 2.48. The fourth-order valence-electron chi connectivity index (χ4n) is 3.57. The van der Waals surface area contributed by atoms with Gasteiger partial charge in [-0.05, 0) is 43.5 Å². The predicted octanol–water partition coefficient (Wildman–Crippen LogP) is 0.944. The van der Waals surface area contributed by atoms with E-state index in [-0.39, 0.29) is 18.5 Å². The topological polar surface area (TPSA) is 95.0 Å². The van der Waals surface area contributed by atoms with Crippen LogP contribution in [0.15, 0.2) is 18.2 Å². The van der Waals surface area contributed by atoms with E-state index >= 15 is 0 Å². The van der Waals surface area contributed by atoms with Gasteiger partial charge in [-0.3, -0.25) is 13.9 Å². The number of sulfonamides is 1. The van der Waals surface area contributed by atoms with Gasteiger partial charge in [-0.25, -0.2) is 8.42 Å². The Morgan fingerprint density at radius 3 is 2.58 bits per heavy atom. The maximum atomic E-state index is 12.6. The summed E-state index contributed by atoms with van der Waals surface area (Å²) in [6.07, 6.45) is 2.19. The van der Waals surface area contributed by atoms with E-state index in [0.29, 0.717) is 30.6 Å². The van der Waals surface area contributed by atoms with Crippen molar-refractivity contribution in [1.29, 1.82) is 0 Å². The Bertz CT molecular complexity index is 805. The molecule has 130 valence electrons. The summed E-state index contributed by atoms with van der Waals surface area (Å²) in [6, 6.07) is 4.83. The molecule has 0 aromatic heterocycles. The summed E-state index contributed by atoms with van der Waals surface area (Å²) in [5.41, 5.74) is 1.92. The monoisotopic (exact) mass is 352 g/mol. The fraction of sp³-hybridized carbons (Fsp3) is 0.500. The fourth-order valence-corrected chi connectivity index (χ4v) is 4.83. The molecule has 3 rings (SSSR count). The van der Waals surface area contributed by atoms with E-state index in [4.69, 9.17) is 5.11 Å². The van der Waals surface area contributed by atoms with Crippen LogP contribution in [0, 0.1) is 5.92 Å². The molecule has 7 nitrogen and oxygen atoms in total. The van der Waals surface area contributed by atoms with Crippen LogP contribution < -0.4 is 4.31 Å². The molecule has 24 heavy (non-hydrogen) atoms. The first-order valence-electron chi connectivity index (χ1n) is 7.83. The van der Waals surface area contributed by atoms with Crippen LogP contribution >= 0.6 is 0 Å². The van der Waals surface area contributed by atoms with Crippen LogP contribution in [0.25, 0.3) is 0 Å². The second kappa shape index (κ2) is 5.77. The largest absolute Gasteiger partial charge is 0.481 e. The molecule has 0 spiro atoms. The van der Waals surface area contributed by atoms with Gasteiger partial charge in [0, 0.05) is 24.7 Å². The van der Waals surface area contributed by atoms with Gasteiger partial charge in [0.1, 0.15) is 0 Å². The van der Waals surface area contributed by atoms with Gasteiger partial charge < -0.3 is 10.0 Å². The average molecular weight is 352 g/mol. The SMILES string of the molecule is C[C@@H]1Cc2cc(C(=O)N3CC[C@@H](C(=O)O)C3)ccc2N1S(C)(=O)=O. The zero-order chi connectivity index (χ0) is 17.6. The number of amides is 1. The number of fused-ring (bicyclic) bond motifs is 1. The zero-order valence-corrected chi connectivity index (χ0v) is 14.4. The van der Waals surface area contributed by atoms with Crippen molar-refractivity contribution in [1.82, 2.24) is 4.90 Å². The van der Waals surface area contributed by atoms with Crippen molar-refractivity contribution >= 4 is 27.6 Å². The molecule has 1 aromatic carbocycles. The highest BCUT2D eigenvalue weighted by Crippen LogP contribution is 2.35. The molecule has 1 N–H and O–H groups in total. The van der Waals surface area contributed by atoms with Crippen molar-refractivity contribution in [3.63, 3.8) is 0 Å². The second-order valence-electron chi connectivity index (χ2n) is 6.53. The Labute approximate surface area is 140 Å². The number of carbonyl (C=O) groups excluding carboxylic acids is 1.